The molecule has 20 heavy (non-hydrogen) atoms. The largest absolute Gasteiger partial charge is 0.279 e. The first kappa shape index (κ1) is 12.3. The molecule has 0 saturated heterocycles. The van der Waals surface area contributed by atoms with Crippen molar-refractivity contribution < 1.29 is 4.92 Å². The van der Waals surface area contributed by atoms with E-state index in [9.17, 15) is 10.1 Å². The summed E-state index contributed by atoms with van der Waals surface area (Å²) in [4.78, 5) is 15.3. The highest BCUT2D eigenvalue weighted by atomic mass is 16.6. The SMILES string of the molecule is Cc1cccc([N+](=O)[O-])c1-c1nccc2ccccc12. The van der Waals surface area contributed by atoms with E-state index < -0.39 is 0 Å². The van der Waals surface area contributed by atoms with E-state index in [1.54, 1.807) is 12.3 Å². The molecule has 4 heteroatoms. The quantitative estimate of drug-likeness (QED) is 0.516. The molecule has 0 N–H and O–H groups in total. The predicted molar refractivity (Wildman–Crippen MR) is 78.6 cm³/mol. The number of nitro groups is 1. The van der Waals surface area contributed by atoms with Gasteiger partial charge in [0.15, 0.2) is 0 Å². The number of hydrogen-bond acceptors (Lipinski definition) is 3. The van der Waals surface area contributed by atoms with Gasteiger partial charge in [-0.2, -0.15) is 0 Å². The van der Waals surface area contributed by atoms with Gasteiger partial charge in [-0.3, -0.25) is 15.1 Å². The summed E-state index contributed by atoms with van der Waals surface area (Å²) in [6.07, 6.45) is 1.69. The Labute approximate surface area is 115 Å². The van der Waals surface area contributed by atoms with Crippen molar-refractivity contribution in [2.45, 2.75) is 6.92 Å². The minimum absolute atomic E-state index is 0.0915. The molecule has 98 valence electrons. The zero-order chi connectivity index (χ0) is 14.1. The lowest BCUT2D eigenvalue weighted by atomic mass is 9.98. The van der Waals surface area contributed by atoms with Crippen molar-refractivity contribution in [3.8, 4) is 11.3 Å². The van der Waals surface area contributed by atoms with Gasteiger partial charge in [-0.05, 0) is 23.9 Å². The highest BCUT2D eigenvalue weighted by molar-refractivity contribution is 5.97. The molecular weight excluding hydrogens is 252 g/mol. The van der Waals surface area contributed by atoms with Crippen LogP contribution in [0, 0.1) is 17.0 Å². The molecule has 0 aliphatic rings. The normalized spacial score (nSPS) is 10.7. The summed E-state index contributed by atoms with van der Waals surface area (Å²) < 4.78 is 0. The third-order valence-corrected chi connectivity index (χ3v) is 3.36. The van der Waals surface area contributed by atoms with E-state index in [0.717, 1.165) is 16.3 Å². The Morgan fingerprint density at radius 1 is 1.05 bits per heavy atom. The Hall–Kier alpha value is -2.75. The maximum Gasteiger partial charge on any atom is 0.279 e. The minimum Gasteiger partial charge on any atom is -0.258 e. The lowest BCUT2D eigenvalue weighted by Gasteiger charge is -2.09. The van der Waals surface area contributed by atoms with Gasteiger partial charge in [0, 0.05) is 17.6 Å². The second kappa shape index (κ2) is 4.74. The summed E-state index contributed by atoms with van der Waals surface area (Å²) in [5, 5.41) is 13.2. The zero-order valence-corrected chi connectivity index (χ0v) is 10.9. The van der Waals surface area contributed by atoms with Crippen molar-refractivity contribution >= 4 is 16.5 Å². The van der Waals surface area contributed by atoms with Crippen LogP contribution in [-0.4, -0.2) is 9.91 Å². The van der Waals surface area contributed by atoms with Gasteiger partial charge in [0.05, 0.1) is 16.2 Å². The Balaban J connectivity index is 2.40. The molecule has 0 spiro atoms. The number of aromatic nitrogens is 1. The molecule has 2 aromatic carbocycles. The summed E-state index contributed by atoms with van der Waals surface area (Å²) in [7, 11) is 0. The van der Waals surface area contributed by atoms with Gasteiger partial charge in [-0.15, -0.1) is 0 Å². The number of hydrogen-bond donors (Lipinski definition) is 0. The van der Waals surface area contributed by atoms with Gasteiger partial charge >= 0.3 is 0 Å². The first-order valence-corrected chi connectivity index (χ1v) is 6.26. The standard InChI is InChI=1S/C16H12N2O2/c1-11-5-4-8-14(18(19)20)15(11)16-13-7-3-2-6-12(13)9-10-17-16/h2-10H,1H3. The third-order valence-electron chi connectivity index (χ3n) is 3.36. The van der Waals surface area contributed by atoms with Crippen LogP contribution in [0.1, 0.15) is 5.56 Å². The van der Waals surface area contributed by atoms with Crippen LogP contribution in [0.3, 0.4) is 0 Å². The van der Waals surface area contributed by atoms with Gasteiger partial charge in [0.25, 0.3) is 5.69 Å². The number of nitro benzene ring substituents is 1. The molecule has 0 amide bonds. The first-order valence-electron chi connectivity index (χ1n) is 6.26. The van der Waals surface area contributed by atoms with Crippen LogP contribution in [0.25, 0.3) is 22.0 Å². The molecule has 0 saturated carbocycles. The molecule has 0 bridgehead atoms. The molecule has 1 aromatic heterocycles. The fraction of sp³-hybridized carbons (Fsp3) is 0.0625. The van der Waals surface area contributed by atoms with Gasteiger partial charge in [0.2, 0.25) is 0 Å². The maximum absolute atomic E-state index is 11.3. The third kappa shape index (κ3) is 1.91. The summed E-state index contributed by atoms with van der Waals surface area (Å²) in [5.41, 5.74) is 2.19. The highest BCUT2D eigenvalue weighted by Gasteiger charge is 2.19. The van der Waals surface area contributed by atoms with Crippen molar-refractivity contribution in [3.63, 3.8) is 0 Å². The van der Waals surface area contributed by atoms with Crippen molar-refractivity contribution in [2.24, 2.45) is 0 Å². The van der Waals surface area contributed by atoms with Crippen molar-refractivity contribution in [1.82, 2.24) is 4.98 Å². The summed E-state index contributed by atoms with van der Waals surface area (Å²) >= 11 is 0. The van der Waals surface area contributed by atoms with Crippen LogP contribution in [-0.2, 0) is 0 Å². The van der Waals surface area contributed by atoms with Gasteiger partial charge in [0.1, 0.15) is 0 Å². The Kier molecular flexibility index (Phi) is 2.91. The molecular formula is C16H12N2O2. The maximum atomic E-state index is 11.3. The summed E-state index contributed by atoms with van der Waals surface area (Å²) in [6.45, 7) is 1.87. The van der Waals surface area contributed by atoms with E-state index in [4.69, 9.17) is 0 Å². The van der Waals surface area contributed by atoms with E-state index in [2.05, 4.69) is 4.98 Å². The molecule has 1 heterocycles. The smallest absolute Gasteiger partial charge is 0.258 e. The lowest BCUT2D eigenvalue weighted by molar-refractivity contribution is -0.384. The molecule has 0 atom stereocenters. The number of benzene rings is 2. The average Bonchev–Trinajstić information content (AvgIpc) is 2.46. The molecule has 0 aliphatic carbocycles. The highest BCUT2D eigenvalue weighted by Crippen LogP contribution is 2.35. The average molecular weight is 264 g/mol. The van der Waals surface area contributed by atoms with E-state index in [0.29, 0.717) is 11.3 Å². The molecule has 3 rings (SSSR count). The number of rotatable bonds is 2. The Bertz CT molecular complexity index is 807. The van der Waals surface area contributed by atoms with Crippen molar-refractivity contribution in [1.29, 1.82) is 0 Å². The number of aryl methyl sites for hydroxylation is 1. The van der Waals surface area contributed by atoms with Crippen LogP contribution in [0.15, 0.2) is 54.7 Å². The van der Waals surface area contributed by atoms with Crippen molar-refractivity contribution in [2.75, 3.05) is 0 Å². The van der Waals surface area contributed by atoms with Gasteiger partial charge in [-0.25, -0.2) is 0 Å². The zero-order valence-electron chi connectivity index (χ0n) is 10.9. The summed E-state index contributed by atoms with van der Waals surface area (Å²) in [5.74, 6) is 0. The molecule has 0 aliphatic heterocycles. The predicted octanol–water partition coefficient (Wildman–Crippen LogP) is 4.12. The molecule has 4 nitrogen and oxygen atoms in total. The Morgan fingerprint density at radius 2 is 1.85 bits per heavy atom. The summed E-state index contributed by atoms with van der Waals surface area (Å²) in [6, 6.07) is 14.8. The van der Waals surface area contributed by atoms with E-state index in [-0.39, 0.29) is 10.6 Å². The lowest BCUT2D eigenvalue weighted by Crippen LogP contribution is -1.96. The van der Waals surface area contributed by atoms with Crippen LogP contribution < -0.4 is 0 Å². The van der Waals surface area contributed by atoms with Crippen LogP contribution in [0.5, 0.6) is 0 Å². The molecule has 0 fully saturated rings. The van der Waals surface area contributed by atoms with E-state index in [1.807, 2.05) is 43.3 Å². The fourth-order valence-electron chi connectivity index (χ4n) is 2.43. The molecule has 3 aromatic rings. The topological polar surface area (TPSA) is 56.0 Å². The first-order chi connectivity index (χ1) is 9.68. The van der Waals surface area contributed by atoms with Crippen LogP contribution >= 0.6 is 0 Å². The van der Waals surface area contributed by atoms with Crippen LogP contribution in [0.4, 0.5) is 5.69 Å². The second-order valence-corrected chi connectivity index (χ2v) is 4.61. The van der Waals surface area contributed by atoms with E-state index in [1.165, 1.54) is 6.07 Å². The number of pyridine rings is 1. The van der Waals surface area contributed by atoms with Gasteiger partial charge in [-0.1, -0.05) is 36.4 Å². The molecule has 0 radical (unpaired) electrons. The molecule has 0 unspecified atom stereocenters. The number of nitrogens with zero attached hydrogens (tertiary/aromatic N) is 2. The fourth-order valence-corrected chi connectivity index (χ4v) is 2.43. The Morgan fingerprint density at radius 3 is 2.65 bits per heavy atom. The second-order valence-electron chi connectivity index (χ2n) is 4.61. The van der Waals surface area contributed by atoms with E-state index >= 15 is 0 Å². The monoisotopic (exact) mass is 264 g/mol. The van der Waals surface area contributed by atoms with Crippen molar-refractivity contribution in [3.05, 3.63) is 70.4 Å². The van der Waals surface area contributed by atoms with Crippen LogP contribution in [0.2, 0.25) is 0 Å². The number of fused-ring (bicyclic) bond motifs is 1. The minimum atomic E-state index is -0.355. The van der Waals surface area contributed by atoms with Gasteiger partial charge < -0.3 is 0 Å².